The fourth-order valence-corrected chi connectivity index (χ4v) is 3.61. The van der Waals surface area contributed by atoms with E-state index < -0.39 is 17.8 Å². The molecule has 0 saturated carbocycles. The van der Waals surface area contributed by atoms with Gasteiger partial charge in [0.25, 0.3) is 11.8 Å². The third-order valence-corrected chi connectivity index (χ3v) is 5.24. The molecule has 0 aliphatic carbocycles. The lowest BCUT2D eigenvalue weighted by atomic mass is 10.1. The Balaban J connectivity index is 1.61. The number of ether oxygens (including phenoxy) is 1. The van der Waals surface area contributed by atoms with Crippen molar-refractivity contribution in [3.63, 3.8) is 0 Å². The van der Waals surface area contributed by atoms with Crippen LogP contribution in [0.3, 0.4) is 0 Å². The Morgan fingerprint density at radius 3 is 2.52 bits per heavy atom. The number of barbiturate groups is 1. The molecule has 1 fully saturated rings. The number of aromatic nitrogens is 1. The number of imide groups is 2. The second kappa shape index (κ2) is 8.47. The van der Waals surface area contributed by atoms with Crippen molar-refractivity contribution in [2.45, 2.75) is 20.4 Å². The van der Waals surface area contributed by atoms with Crippen LogP contribution in [0.4, 0.5) is 4.79 Å². The number of urea groups is 1. The van der Waals surface area contributed by atoms with Gasteiger partial charge in [0.15, 0.2) is 0 Å². The zero-order chi connectivity index (χ0) is 22.0. The van der Waals surface area contributed by atoms with Gasteiger partial charge in [0.05, 0.1) is 6.54 Å². The number of carbonyl (C=O) groups is 3. The molecule has 1 saturated heterocycles. The van der Waals surface area contributed by atoms with Crippen LogP contribution in [0.1, 0.15) is 18.1 Å². The van der Waals surface area contributed by atoms with Crippen molar-refractivity contribution in [3.8, 4) is 5.75 Å². The Kier molecular flexibility index (Phi) is 5.58. The van der Waals surface area contributed by atoms with Crippen LogP contribution in [-0.2, 0) is 16.1 Å². The predicted octanol–water partition coefficient (Wildman–Crippen LogP) is 3.51. The number of amides is 4. The van der Waals surface area contributed by atoms with E-state index in [2.05, 4.69) is 5.32 Å². The zero-order valence-corrected chi connectivity index (χ0v) is 17.4. The smallest absolute Gasteiger partial charge is 0.331 e. The lowest BCUT2D eigenvalue weighted by Crippen LogP contribution is -2.53. The van der Waals surface area contributed by atoms with Crippen LogP contribution < -0.4 is 10.1 Å². The molecule has 4 amide bonds. The molecule has 1 aromatic heterocycles. The highest BCUT2D eigenvalue weighted by Crippen LogP contribution is 2.25. The predicted molar refractivity (Wildman–Crippen MR) is 118 cm³/mol. The molecule has 1 aliphatic rings. The number of fused-ring (bicyclic) bond motifs is 1. The third-order valence-electron chi connectivity index (χ3n) is 5.24. The molecule has 158 valence electrons. The summed E-state index contributed by atoms with van der Waals surface area (Å²) < 4.78 is 7.88. The summed E-state index contributed by atoms with van der Waals surface area (Å²) in [4.78, 5) is 37.8. The summed E-state index contributed by atoms with van der Waals surface area (Å²) in [6, 6.07) is 14.9. The fourth-order valence-electron chi connectivity index (χ4n) is 3.61. The van der Waals surface area contributed by atoms with Gasteiger partial charge in [0, 0.05) is 29.2 Å². The topological polar surface area (TPSA) is 80.6 Å². The molecule has 0 atom stereocenters. The van der Waals surface area contributed by atoms with Crippen LogP contribution in [-0.4, -0.2) is 40.5 Å². The van der Waals surface area contributed by atoms with Gasteiger partial charge in [-0.2, -0.15) is 0 Å². The largest absolute Gasteiger partial charge is 0.492 e. The molecule has 4 rings (SSSR count). The summed E-state index contributed by atoms with van der Waals surface area (Å²) in [5, 5.41) is 3.13. The van der Waals surface area contributed by atoms with Crippen LogP contribution in [0.5, 0.6) is 5.75 Å². The molecule has 7 heteroatoms. The van der Waals surface area contributed by atoms with Gasteiger partial charge in [0.2, 0.25) is 0 Å². The second-order valence-electron chi connectivity index (χ2n) is 7.32. The van der Waals surface area contributed by atoms with E-state index in [0.717, 1.165) is 27.1 Å². The Bertz CT molecular complexity index is 1190. The minimum Gasteiger partial charge on any atom is -0.492 e. The van der Waals surface area contributed by atoms with Gasteiger partial charge >= 0.3 is 6.03 Å². The van der Waals surface area contributed by atoms with Gasteiger partial charge < -0.3 is 9.30 Å². The normalized spacial score (nSPS) is 15.6. The molecule has 31 heavy (non-hydrogen) atoms. The Labute approximate surface area is 179 Å². The number of aryl methyl sites for hydroxylation is 1. The van der Waals surface area contributed by atoms with Gasteiger partial charge in [-0.15, -0.1) is 0 Å². The first-order valence-electron chi connectivity index (χ1n) is 10.1. The molecule has 0 spiro atoms. The van der Waals surface area contributed by atoms with Crippen molar-refractivity contribution >= 4 is 34.8 Å². The van der Waals surface area contributed by atoms with Crippen LogP contribution in [0, 0.1) is 6.92 Å². The summed E-state index contributed by atoms with van der Waals surface area (Å²) in [5.41, 5.74) is 2.81. The van der Waals surface area contributed by atoms with Gasteiger partial charge in [0.1, 0.15) is 17.9 Å². The SMILES string of the molecule is CCN1C(=O)NC(=O)/C(=C\c2cn(CCOc3ccc(C)cc3)c3ccccc23)C1=O. The summed E-state index contributed by atoms with van der Waals surface area (Å²) in [5.74, 6) is -0.465. The Morgan fingerprint density at radius 2 is 1.77 bits per heavy atom. The molecule has 1 N–H and O–H groups in total. The van der Waals surface area contributed by atoms with Crippen molar-refractivity contribution in [1.82, 2.24) is 14.8 Å². The van der Waals surface area contributed by atoms with E-state index in [0.29, 0.717) is 13.2 Å². The molecule has 2 heterocycles. The fraction of sp³-hybridized carbons (Fsp3) is 0.208. The highest BCUT2D eigenvalue weighted by Gasteiger charge is 2.34. The van der Waals surface area contributed by atoms with Crippen LogP contribution in [0.2, 0.25) is 0 Å². The molecular weight excluding hydrogens is 394 g/mol. The molecule has 2 aromatic carbocycles. The molecule has 0 unspecified atom stereocenters. The zero-order valence-electron chi connectivity index (χ0n) is 17.4. The van der Waals surface area contributed by atoms with Crippen molar-refractivity contribution in [3.05, 3.63) is 71.4 Å². The first-order valence-corrected chi connectivity index (χ1v) is 10.1. The van der Waals surface area contributed by atoms with Crippen molar-refractivity contribution in [2.24, 2.45) is 0 Å². The molecular formula is C24H23N3O4. The lowest BCUT2D eigenvalue weighted by Gasteiger charge is -2.24. The average Bonchev–Trinajstić information content (AvgIpc) is 3.10. The number of carbonyl (C=O) groups excluding carboxylic acids is 3. The van der Waals surface area contributed by atoms with Crippen LogP contribution >= 0.6 is 0 Å². The van der Waals surface area contributed by atoms with Crippen molar-refractivity contribution < 1.29 is 19.1 Å². The quantitative estimate of drug-likeness (QED) is 0.492. The number of likely N-dealkylation sites (N-methyl/N-ethyl adjacent to an activating group) is 1. The summed E-state index contributed by atoms with van der Waals surface area (Å²) in [6.07, 6.45) is 3.44. The van der Waals surface area contributed by atoms with E-state index in [-0.39, 0.29) is 12.1 Å². The second-order valence-corrected chi connectivity index (χ2v) is 7.32. The molecule has 7 nitrogen and oxygen atoms in total. The Morgan fingerprint density at radius 1 is 1.03 bits per heavy atom. The van der Waals surface area contributed by atoms with Crippen LogP contribution in [0.25, 0.3) is 17.0 Å². The monoisotopic (exact) mass is 417 g/mol. The lowest BCUT2D eigenvalue weighted by molar-refractivity contribution is -0.129. The number of para-hydroxylation sites is 1. The number of benzene rings is 2. The molecule has 0 radical (unpaired) electrons. The Hall–Kier alpha value is -3.87. The van der Waals surface area contributed by atoms with E-state index in [9.17, 15) is 14.4 Å². The van der Waals surface area contributed by atoms with Gasteiger partial charge in [-0.05, 0) is 38.1 Å². The summed E-state index contributed by atoms with van der Waals surface area (Å²) in [7, 11) is 0. The van der Waals surface area contributed by atoms with Crippen molar-refractivity contribution in [2.75, 3.05) is 13.2 Å². The van der Waals surface area contributed by atoms with E-state index in [1.165, 1.54) is 5.56 Å². The van der Waals surface area contributed by atoms with Gasteiger partial charge in [-0.25, -0.2) is 4.79 Å². The standard InChI is InChI=1S/C24H23N3O4/c1-3-27-23(29)20(22(28)25-24(27)30)14-17-15-26(21-7-5-4-6-19(17)21)12-13-31-18-10-8-16(2)9-11-18/h4-11,14-15H,3,12-13H2,1-2H3,(H,25,28,30)/b20-14+. The van der Waals surface area contributed by atoms with E-state index in [1.54, 1.807) is 13.0 Å². The van der Waals surface area contributed by atoms with Gasteiger partial charge in [-0.1, -0.05) is 35.9 Å². The number of rotatable bonds is 6. The third kappa shape index (κ3) is 4.07. The maximum atomic E-state index is 12.6. The van der Waals surface area contributed by atoms with E-state index >= 15 is 0 Å². The highest BCUT2D eigenvalue weighted by atomic mass is 16.5. The first-order chi connectivity index (χ1) is 15.0. The van der Waals surface area contributed by atoms with Gasteiger partial charge in [-0.3, -0.25) is 19.8 Å². The van der Waals surface area contributed by atoms with E-state index in [1.807, 2.05) is 66.2 Å². The number of hydrogen-bond donors (Lipinski definition) is 1. The molecule has 1 aliphatic heterocycles. The number of nitrogens with zero attached hydrogens (tertiary/aromatic N) is 2. The van der Waals surface area contributed by atoms with Crippen LogP contribution in [0.15, 0.2) is 60.3 Å². The maximum absolute atomic E-state index is 12.6. The highest BCUT2D eigenvalue weighted by molar-refractivity contribution is 6.31. The molecule has 0 bridgehead atoms. The summed E-state index contributed by atoms with van der Waals surface area (Å²) >= 11 is 0. The average molecular weight is 417 g/mol. The minimum absolute atomic E-state index is 0.0553. The van der Waals surface area contributed by atoms with E-state index in [4.69, 9.17) is 4.74 Å². The summed E-state index contributed by atoms with van der Waals surface area (Å²) in [6.45, 7) is 4.96. The molecule has 3 aromatic rings. The maximum Gasteiger partial charge on any atom is 0.331 e. The minimum atomic E-state index is -0.690. The first kappa shape index (κ1) is 20.4. The van der Waals surface area contributed by atoms with Crippen molar-refractivity contribution in [1.29, 1.82) is 0 Å². The number of hydrogen-bond acceptors (Lipinski definition) is 4. The number of nitrogens with one attached hydrogen (secondary N) is 1.